The second kappa shape index (κ2) is 7.53. The zero-order valence-electron chi connectivity index (χ0n) is 12.1. The third-order valence-electron chi connectivity index (χ3n) is 3.10. The van der Waals surface area contributed by atoms with Gasteiger partial charge >= 0.3 is 5.97 Å². The van der Waals surface area contributed by atoms with Crippen LogP contribution in [0.15, 0.2) is 60.1 Å². The molecule has 2 aromatic carbocycles. The second-order valence-corrected chi connectivity index (χ2v) is 5.12. The molecule has 0 aliphatic rings. The predicted octanol–water partition coefficient (Wildman–Crippen LogP) is 2.20. The second-order valence-electron chi connectivity index (χ2n) is 4.69. The highest BCUT2D eigenvalue weighted by Crippen LogP contribution is 2.23. The van der Waals surface area contributed by atoms with Crippen molar-refractivity contribution in [3.8, 4) is 11.1 Å². The van der Waals surface area contributed by atoms with Crippen LogP contribution in [0.25, 0.3) is 11.1 Å². The number of hydrogen-bond acceptors (Lipinski definition) is 5. The van der Waals surface area contributed by atoms with Gasteiger partial charge in [-0.2, -0.15) is 0 Å². The third-order valence-corrected chi connectivity index (χ3v) is 3.34. The number of nitrogens with two attached hydrogens (primary N) is 2. The molecule has 0 aliphatic heterocycles. The molecule has 0 atom stereocenters. The molecular weight excluding hydrogens is 318 g/mol. The van der Waals surface area contributed by atoms with Crippen molar-refractivity contribution in [2.24, 2.45) is 11.6 Å². The summed E-state index contributed by atoms with van der Waals surface area (Å²) in [6, 6.07) is 15.1. The van der Waals surface area contributed by atoms with Gasteiger partial charge in [0.1, 0.15) is 6.61 Å². The molecule has 0 saturated heterocycles. The average molecular weight is 334 g/mol. The topological polar surface area (TPSA) is 111 Å². The number of nitrogens with one attached hydrogen (secondary N) is 1. The van der Waals surface area contributed by atoms with Gasteiger partial charge in [0.15, 0.2) is 5.70 Å². The number of carboxylic acid groups (broad SMARTS) is 1. The van der Waals surface area contributed by atoms with Crippen LogP contribution < -0.4 is 17.0 Å². The van der Waals surface area contributed by atoms with E-state index in [1.54, 1.807) is 0 Å². The number of carboxylic acids is 1. The molecule has 0 saturated carbocycles. The van der Waals surface area contributed by atoms with E-state index in [1.165, 1.54) is 0 Å². The van der Waals surface area contributed by atoms with Gasteiger partial charge in [-0.1, -0.05) is 48.0 Å². The van der Waals surface area contributed by atoms with Gasteiger partial charge in [0.2, 0.25) is 5.88 Å². The lowest BCUT2D eigenvalue weighted by atomic mass is 10.0. The van der Waals surface area contributed by atoms with Crippen molar-refractivity contribution in [2.45, 2.75) is 6.61 Å². The van der Waals surface area contributed by atoms with Crippen LogP contribution in [0.1, 0.15) is 5.56 Å². The molecule has 23 heavy (non-hydrogen) atoms. The molecule has 2 rings (SSSR count). The standard InChI is InChI=1S/C16H16ClN3O3/c17-13-3-1-2-12(8-13)11-6-4-10(5-7-11)9-23-15(20-19)14(18)16(21)22/h1-8,20H,9,18-19H2,(H,21,22)/b15-14+. The molecule has 0 bridgehead atoms. The Morgan fingerprint density at radius 1 is 1.17 bits per heavy atom. The molecule has 0 spiro atoms. The quantitative estimate of drug-likeness (QED) is 0.279. The Morgan fingerprint density at radius 2 is 1.87 bits per heavy atom. The fourth-order valence-electron chi connectivity index (χ4n) is 1.91. The molecule has 0 amide bonds. The number of aliphatic carboxylic acids is 1. The molecular formula is C16H16ClN3O3. The number of ether oxygens (including phenoxy) is 1. The zero-order valence-corrected chi connectivity index (χ0v) is 12.9. The third kappa shape index (κ3) is 4.38. The van der Waals surface area contributed by atoms with E-state index in [1.807, 2.05) is 48.5 Å². The summed E-state index contributed by atoms with van der Waals surface area (Å²) in [7, 11) is 0. The number of halogens is 1. The van der Waals surface area contributed by atoms with Gasteiger partial charge in [0.05, 0.1) is 0 Å². The van der Waals surface area contributed by atoms with E-state index in [4.69, 9.17) is 33.0 Å². The van der Waals surface area contributed by atoms with Crippen molar-refractivity contribution in [2.75, 3.05) is 0 Å². The van der Waals surface area contributed by atoms with Gasteiger partial charge in [-0.05, 0) is 28.8 Å². The smallest absolute Gasteiger partial charge is 0.357 e. The summed E-state index contributed by atoms with van der Waals surface area (Å²) < 4.78 is 5.28. The summed E-state index contributed by atoms with van der Waals surface area (Å²) >= 11 is 5.98. The first-order valence-corrected chi connectivity index (χ1v) is 7.06. The Labute approximate surface area is 138 Å². The SMILES string of the molecule is NN/C(OCc1ccc(-c2cccc(Cl)c2)cc1)=C(\N)C(=O)O. The first-order chi connectivity index (χ1) is 11.0. The number of carbonyl (C=O) groups is 1. The summed E-state index contributed by atoms with van der Waals surface area (Å²) in [5.74, 6) is 3.71. The lowest BCUT2D eigenvalue weighted by Gasteiger charge is -2.11. The number of benzene rings is 2. The highest BCUT2D eigenvalue weighted by molar-refractivity contribution is 6.30. The van der Waals surface area contributed by atoms with E-state index in [2.05, 4.69) is 5.43 Å². The van der Waals surface area contributed by atoms with Crippen LogP contribution >= 0.6 is 11.6 Å². The molecule has 0 radical (unpaired) electrons. The van der Waals surface area contributed by atoms with Crippen molar-refractivity contribution in [3.63, 3.8) is 0 Å². The van der Waals surface area contributed by atoms with Crippen LogP contribution in [-0.4, -0.2) is 11.1 Å². The zero-order chi connectivity index (χ0) is 16.8. The Kier molecular flexibility index (Phi) is 5.46. The van der Waals surface area contributed by atoms with E-state index < -0.39 is 11.7 Å². The summed E-state index contributed by atoms with van der Waals surface area (Å²) in [4.78, 5) is 10.8. The lowest BCUT2D eigenvalue weighted by Crippen LogP contribution is -2.29. The molecule has 120 valence electrons. The van der Waals surface area contributed by atoms with E-state index in [0.717, 1.165) is 16.7 Å². The van der Waals surface area contributed by atoms with Crippen LogP contribution in [0.4, 0.5) is 0 Å². The van der Waals surface area contributed by atoms with Gasteiger partial charge in [-0.15, -0.1) is 0 Å². The summed E-state index contributed by atoms with van der Waals surface area (Å²) in [6.45, 7) is 0.128. The van der Waals surface area contributed by atoms with Crippen LogP contribution in [0.3, 0.4) is 0 Å². The molecule has 2 aromatic rings. The highest BCUT2D eigenvalue weighted by atomic mass is 35.5. The normalized spacial score (nSPS) is 11.6. The Bertz CT molecular complexity index is 730. The number of rotatable bonds is 6. The maximum absolute atomic E-state index is 10.8. The van der Waals surface area contributed by atoms with E-state index in [0.29, 0.717) is 5.02 Å². The molecule has 0 heterocycles. The van der Waals surface area contributed by atoms with Crippen LogP contribution in [0.2, 0.25) is 5.02 Å². The molecule has 0 aromatic heterocycles. The van der Waals surface area contributed by atoms with E-state index in [-0.39, 0.29) is 12.5 Å². The van der Waals surface area contributed by atoms with Crippen LogP contribution in [0.5, 0.6) is 0 Å². The molecule has 0 unspecified atom stereocenters. The Morgan fingerprint density at radius 3 is 2.43 bits per heavy atom. The molecule has 0 aliphatic carbocycles. The Balaban J connectivity index is 2.09. The maximum Gasteiger partial charge on any atom is 0.357 e. The lowest BCUT2D eigenvalue weighted by molar-refractivity contribution is -0.133. The highest BCUT2D eigenvalue weighted by Gasteiger charge is 2.11. The first-order valence-electron chi connectivity index (χ1n) is 6.68. The van der Waals surface area contributed by atoms with Gasteiger partial charge < -0.3 is 15.6 Å². The number of hydrazine groups is 1. The largest absolute Gasteiger partial charge is 0.476 e. The Hall–Kier alpha value is -2.70. The van der Waals surface area contributed by atoms with Crippen molar-refractivity contribution >= 4 is 17.6 Å². The first kappa shape index (κ1) is 16.7. The molecule has 6 N–H and O–H groups in total. The molecule has 7 heteroatoms. The monoisotopic (exact) mass is 333 g/mol. The summed E-state index contributed by atoms with van der Waals surface area (Å²) in [5.41, 5.74) is 9.85. The molecule has 6 nitrogen and oxygen atoms in total. The fourth-order valence-corrected chi connectivity index (χ4v) is 2.10. The van der Waals surface area contributed by atoms with Gasteiger partial charge in [0, 0.05) is 5.02 Å². The minimum absolute atomic E-state index is 0.128. The maximum atomic E-state index is 10.8. The summed E-state index contributed by atoms with van der Waals surface area (Å²) in [5, 5.41) is 9.47. The van der Waals surface area contributed by atoms with Gasteiger partial charge in [-0.3, -0.25) is 5.43 Å². The van der Waals surface area contributed by atoms with Gasteiger partial charge in [0.25, 0.3) is 0 Å². The van der Waals surface area contributed by atoms with E-state index in [9.17, 15) is 4.79 Å². The van der Waals surface area contributed by atoms with Crippen molar-refractivity contribution < 1.29 is 14.6 Å². The minimum Gasteiger partial charge on any atom is -0.476 e. The van der Waals surface area contributed by atoms with Gasteiger partial charge in [-0.25, -0.2) is 10.6 Å². The molecule has 0 fully saturated rings. The van der Waals surface area contributed by atoms with Crippen LogP contribution in [0, 0.1) is 0 Å². The number of hydrogen-bond donors (Lipinski definition) is 4. The minimum atomic E-state index is -1.31. The van der Waals surface area contributed by atoms with Crippen molar-refractivity contribution in [3.05, 3.63) is 70.7 Å². The van der Waals surface area contributed by atoms with Crippen molar-refractivity contribution in [1.29, 1.82) is 0 Å². The summed E-state index contributed by atoms with van der Waals surface area (Å²) in [6.07, 6.45) is 0. The van der Waals surface area contributed by atoms with Crippen molar-refractivity contribution in [1.82, 2.24) is 5.43 Å². The van der Waals surface area contributed by atoms with Crippen LogP contribution in [-0.2, 0) is 16.1 Å². The van der Waals surface area contributed by atoms with E-state index >= 15 is 0 Å². The fraction of sp³-hybridized carbons (Fsp3) is 0.0625. The predicted molar refractivity (Wildman–Crippen MR) is 87.8 cm³/mol. The average Bonchev–Trinajstić information content (AvgIpc) is 2.55.